The molecular formula is C16H18N4O5S. The summed E-state index contributed by atoms with van der Waals surface area (Å²) in [4.78, 5) is 4.33. The molecule has 10 heteroatoms. The average Bonchev–Trinajstić information content (AvgIpc) is 3.21. The van der Waals surface area contributed by atoms with Crippen LogP contribution in [0.1, 0.15) is 17.3 Å². The lowest BCUT2D eigenvalue weighted by Gasteiger charge is -2.04. The lowest BCUT2D eigenvalue weighted by atomic mass is 10.2. The Kier molecular flexibility index (Phi) is 5.05. The molecule has 3 aromatic rings. The second-order valence-electron chi connectivity index (χ2n) is 5.54. The van der Waals surface area contributed by atoms with E-state index >= 15 is 0 Å². The predicted octanol–water partition coefficient (Wildman–Crippen LogP) is 1.87. The van der Waals surface area contributed by atoms with Crippen LogP contribution >= 0.6 is 0 Å². The molecule has 3 rings (SSSR count). The molecular weight excluding hydrogens is 360 g/mol. The molecule has 138 valence electrons. The third-order valence-electron chi connectivity index (χ3n) is 3.66. The van der Waals surface area contributed by atoms with Gasteiger partial charge in [0.25, 0.3) is 0 Å². The van der Waals surface area contributed by atoms with E-state index in [2.05, 4.69) is 20.0 Å². The molecule has 0 atom stereocenters. The van der Waals surface area contributed by atoms with Gasteiger partial charge in [-0.2, -0.15) is 4.98 Å². The van der Waals surface area contributed by atoms with Crippen molar-refractivity contribution in [3.8, 4) is 17.1 Å². The Morgan fingerprint density at radius 1 is 1.19 bits per heavy atom. The Balaban J connectivity index is 1.65. The minimum Gasteiger partial charge on any atom is -0.497 e. The molecule has 1 aromatic carbocycles. The summed E-state index contributed by atoms with van der Waals surface area (Å²) in [5, 5.41) is 7.57. The number of sulfonamides is 1. The van der Waals surface area contributed by atoms with Gasteiger partial charge in [0, 0.05) is 18.5 Å². The summed E-state index contributed by atoms with van der Waals surface area (Å²) < 4.78 is 42.4. The molecule has 0 radical (unpaired) electrons. The molecule has 2 aromatic heterocycles. The fraction of sp³-hybridized carbons (Fsp3) is 0.312. The summed E-state index contributed by atoms with van der Waals surface area (Å²) in [6, 6.07) is 7.25. The van der Waals surface area contributed by atoms with Crippen molar-refractivity contribution in [2.45, 2.75) is 25.2 Å². The van der Waals surface area contributed by atoms with Gasteiger partial charge in [0.15, 0.2) is 5.76 Å². The van der Waals surface area contributed by atoms with Crippen molar-refractivity contribution >= 4 is 10.0 Å². The van der Waals surface area contributed by atoms with Gasteiger partial charge in [0.2, 0.25) is 21.7 Å². The molecule has 1 N–H and O–H groups in total. The number of hydrogen-bond donors (Lipinski definition) is 1. The highest BCUT2D eigenvalue weighted by Crippen LogP contribution is 2.21. The van der Waals surface area contributed by atoms with E-state index in [4.69, 9.17) is 13.8 Å². The molecule has 0 saturated heterocycles. The van der Waals surface area contributed by atoms with E-state index in [0.29, 0.717) is 23.2 Å². The third-order valence-corrected chi connectivity index (χ3v) is 5.37. The molecule has 0 bridgehead atoms. The number of aromatic nitrogens is 3. The van der Waals surface area contributed by atoms with Crippen LogP contribution in [0.5, 0.6) is 5.75 Å². The Morgan fingerprint density at radius 3 is 2.69 bits per heavy atom. The second-order valence-corrected chi connectivity index (χ2v) is 7.25. The Morgan fingerprint density at radius 2 is 2.00 bits per heavy atom. The van der Waals surface area contributed by atoms with Crippen molar-refractivity contribution in [2.24, 2.45) is 0 Å². The second kappa shape index (κ2) is 7.26. The first-order valence-corrected chi connectivity index (χ1v) is 9.28. The number of hydrogen-bond acceptors (Lipinski definition) is 8. The standard InChI is InChI=1S/C16H18N4O5S/c1-10-15(11(2)24-19-10)26(21,22)17-8-7-14-18-16(20-25-14)12-5-4-6-13(9-12)23-3/h4-6,9,17H,7-8H2,1-3H3. The maximum atomic E-state index is 12.3. The molecule has 0 amide bonds. The van der Waals surface area contributed by atoms with Crippen LogP contribution in [0.3, 0.4) is 0 Å². The van der Waals surface area contributed by atoms with E-state index < -0.39 is 10.0 Å². The van der Waals surface area contributed by atoms with Crippen molar-refractivity contribution in [2.75, 3.05) is 13.7 Å². The van der Waals surface area contributed by atoms with Crippen LogP contribution in [0.25, 0.3) is 11.4 Å². The van der Waals surface area contributed by atoms with Crippen LogP contribution < -0.4 is 9.46 Å². The molecule has 0 aliphatic rings. The summed E-state index contributed by atoms with van der Waals surface area (Å²) in [6.07, 6.45) is 0.250. The van der Waals surface area contributed by atoms with Gasteiger partial charge in [0.1, 0.15) is 16.3 Å². The number of ether oxygens (including phenoxy) is 1. The summed E-state index contributed by atoms with van der Waals surface area (Å²) in [6.45, 7) is 3.22. The van der Waals surface area contributed by atoms with Gasteiger partial charge in [-0.15, -0.1) is 0 Å². The van der Waals surface area contributed by atoms with Crippen LogP contribution in [0.4, 0.5) is 0 Å². The van der Waals surface area contributed by atoms with Gasteiger partial charge in [-0.1, -0.05) is 22.4 Å². The van der Waals surface area contributed by atoms with Gasteiger partial charge in [-0.25, -0.2) is 13.1 Å². The van der Waals surface area contributed by atoms with Crippen LogP contribution in [-0.2, 0) is 16.4 Å². The largest absolute Gasteiger partial charge is 0.497 e. The van der Waals surface area contributed by atoms with Crippen LogP contribution in [-0.4, -0.2) is 37.4 Å². The van der Waals surface area contributed by atoms with Crippen molar-refractivity contribution in [3.63, 3.8) is 0 Å². The van der Waals surface area contributed by atoms with E-state index in [1.165, 1.54) is 0 Å². The number of nitrogens with zero attached hydrogens (tertiary/aromatic N) is 3. The number of aryl methyl sites for hydroxylation is 2. The number of nitrogens with one attached hydrogen (secondary N) is 1. The van der Waals surface area contributed by atoms with Crippen LogP contribution in [0.15, 0.2) is 38.2 Å². The highest BCUT2D eigenvalue weighted by Gasteiger charge is 2.23. The third kappa shape index (κ3) is 3.75. The van der Waals surface area contributed by atoms with E-state index in [9.17, 15) is 8.42 Å². The number of methoxy groups -OCH3 is 1. The van der Waals surface area contributed by atoms with Crippen molar-refractivity contribution in [1.82, 2.24) is 20.0 Å². The van der Waals surface area contributed by atoms with Crippen LogP contribution in [0.2, 0.25) is 0 Å². The minimum absolute atomic E-state index is 0.0556. The Labute approximate surface area is 150 Å². The first kappa shape index (κ1) is 18.1. The predicted molar refractivity (Wildman–Crippen MR) is 91.2 cm³/mol. The van der Waals surface area contributed by atoms with Gasteiger partial charge in [-0.3, -0.25) is 0 Å². The highest BCUT2D eigenvalue weighted by molar-refractivity contribution is 7.89. The molecule has 0 aliphatic heterocycles. The lowest BCUT2D eigenvalue weighted by Crippen LogP contribution is -2.26. The van der Waals surface area contributed by atoms with E-state index in [-0.39, 0.29) is 23.6 Å². The van der Waals surface area contributed by atoms with Gasteiger partial charge < -0.3 is 13.8 Å². The molecule has 9 nitrogen and oxygen atoms in total. The smallest absolute Gasteiger partial charge is 0.245 e. The molecule has 0 spiro atoms. The molecule has 0 unspecified atom stereocenters. The minimum atomic E-state index is -3.72. The number of benzene rings is 1. The monoisotopic (exact) mass is 378 g/mol. The fourth-order valence-corrected chi connectivity index (χ4v) is 3.82. The maximum Gasteiger partial charge on any atom is 0.245 e. The topological polar surface area (TPSA) is 120 Å². The Hall–Kier alpha value is -2.72. The van der Waals surface area contributed by atoms with E-state index in [1.807, 2.05) is 18.2 Å². The lowest BCUT2D eigenvalue weighted by molar-refractivity contribution is 0.379. The Bertz CT molecular complexity index is 990. The molecule has 0 fully saturated rings. The normalized spacial score (nSPS) is 11.7. The maximum absolute atomic E-state index is 12.3. The first-order valence-electron chi connectivity index (χ1n) is 7.80. The quantitative estimate of drug-likeness (QED) is 0.661. The van der Waals surface area contributed by atoms with Gasteiger partial charge in [-0.05, 0) is 26.0 Å². The average molecular weight is 378 g/mol. The zero-order chi connectivity index (χ0) is 18.7. The van der Waals surface area contributed by atoms with Gasteiger partial charge in [0.05, 0.1) is 7.11 Å². The summed E-state index contributed by atoms with van der Waals surface area (Å²) in [5.41, 5.74) is 1.06. The first-order chi connectivity index (χ1) is 12.4. The van der Waals surface area contributed by atoms with E-state index in [0.717, 1.165) is 5.56 Å². The molecule has 0 aliphatic carbocycles. The zero-order valence-electron chi connectivity index (χ0n) is 14.5. The summed E-state index contributed by atoms with van der Waals surface area (Å²) >= 11 is 0. The van der Waals surface area contributed by atoms with Crippen molar-refractivity contribution < 1.29 is 22.2 Å². The highest BCUT2D eigenvalue weighted by atomic mass is 32.2. The van der Waals surface area contributed by atoms with Crippen molar-refractivity contribution in [3.05, 3.63) is 41.6 Å². The molecule has 26 heavy (non-hydrogen) atoms. The molecule has 0 saturated carbocycles. The summed E-state index contributed by atoms with van der Waals surface area (Å²) in [5.74, 6) is 1.66. The zero-order valence-corrected chi connectivity index (χ0v) is 15.3. The number of rotatable bonds is 7. The SMILES string of the molecule is COc1cccc(-c2noc(CCNS(=O)(=O)c3c(C)noc3C)n2)c1. The summed E-state index contributed by atoms with van der Waals surface area (Å²) in [7, 11) is -2.14. The van der Waals surface area contributed by atoms with E-state index in [1.54, 1.807) is 27.0 Å². The van der Waals surface area contributed by atoms with Crippen LogP contribution in [0, 0.1) is 13.8 Å². The van der Waals surface area contributed by atoms with Crippen molar-refractivity contribution in [1.29, 1.82) is 0 Å². The molecule has 2 heterocycles. The van der Waals surface area contributed by atoms with Gasteiger partial charge >= 0.3 is 0 Å². The fourth-order valence-electron chi connectivity index (χ4n) is 2.46.